The molecule has 1 aliphatic rings. The van der Waals surface area contributed by atoms with Crippen LogP contribution >= 0.6 is 0 Å². The minimum absolute atomic E-state index is 0.0635. The largest absolute Gasteiger partial charge is 0.394 e. The molecule has 8 nitrogen and oxygen atoms in total. The van der Waals surface area contributed by atoms with Gasteiger partial charge in [-0.15, -0.1) is 0 Å². The smallest absolute Gasteiger partial charge is 0.181 e. The van der Waals surface area contributed by atoms with Gasteiger partial charge in [0, 0.05) is 0 Å². The van der Waals surface area contributed by atoms with E-state index in [1.165, 1.54) is 12.7 Å². The summed E-state index contributed by atoms with van der Waals surface area (Å²) >= 11 is 0. The third-order valence-corrected chi connectivity index (χ3v) is 4.33. The monoisotopic (exact) mass is 359 g/mol. The second-order valence-corrected chi connectivity index (χ2v) is 5.98. The third-order valence-electron chi connectivity index (χ3n) is 4.33. The number of aromatic nitrogens is 4. The SMILES string of the molecule is OCC1OCC(F)C1n1cnc2c(NOCc3ccccc3)ncnc21. The molecule has 0 amide bonds. The van der Waals surface area contributed by atoms with Crippen LogP contribution in [0, 0.1) is 0 Å². The van der Waals surface area contributed by atoms with E-state index in [1.807, 2.05) is 30.3 Å². The lowest BCUT2D eigenvalue weighted by molar-refractivity contribution is 0.0423. The number of aliphatic hydroxyl groups is 1. The van der Waals surface area contributed by atoms with Gasteiger partial charge < -0.3 is 14.4 Å². The van der Waals surface area contributed by atoms with Gasteiger partial charge >= 0.3 is 0 Å². The highest BCUT2D eigenvalue weighted by Crippen LogP contribution is 2.32. The summed E-state index contributed by atoms with van der Waals surface area (Å²) in [6.07, 6.45) is 0.954. The molecule has 4 rings (SSSR count). The predicted molar refractivity (Wildman–Crippen MR) is 90.9 cm³/mol. The number of nitrogens with zero attached hydrogens (tertiary/aromatic N) is 4. The van der Waals surface area contributed by atoms with Gasteiger partial charge in [0.05, 0.1) is 32.2 Å². The van der Waals surface area contributed by atoms with Crippen molar-refractivity contribution >= 4 is 17.0 Å². The Hall–Kier alpha value is -2.62. The molecule has 136 valence electrons. The lowest BCUT2D eigenvalue weighted by Crippen LogP contribution is -2.28. The van der Waals surface area contributed by atoms with Gasteiger partial charge in [0.1, 0.15) is 18.6 Å². The molecular weight excluding hydrogens is 341 g/mol. The van der Waals surface area contributed by atoms with Crippen molar-refractivity contribution in [1.29, 1.82) is 0 Å². The molecule has 3 heterocycles. The Morgan fingerprint density at radius 1 is 1.27 bits per heavy atom. The number of benzene rings is 1. The van der Waals surface area contributed by atoms with Crippen LogP contribution in [0.25, 0.3) is 11.2 Å². The van der Waals surface area contributed by atoms with Crippen LogP contribution in [0.3, 0.4) is 0 Å². The average molecular weight is 359 g/mol. The summed E-state index contributed by atoms with van der Waals surface area (Å²) in [6, 6.07) is 9.00. The summed E-state index contributed by atoms with van der Waals surface area (Å²) < 4.78 is 21.1. The maximum Gasteiger partial charge on any atom is 0.181 e. The molecule has 1 aromatic carbocycles. The quantitative estimate of drug-likeness (QED) is 0.646. The molecule has 0 radical (unpaired) electrons. The first kappa shape index (κ1) is 16.8. The molecule has 2 N–H and O–H groups in total. The molecule has 0 saturated carbocycles. The Morgan fingerprint density at radius 3 is 2.92 bits per heavy atom. The number of alkyl halides is 1. The fraction of sp³-hybridized carbons (Fsp3) is 0.353. The van der Waals surface area contributed by atoms with Crippen molar-refractivity contribution < 1.29 is 19.1 Å². The van der Waals surface area contributed by atoms with E-state index in [1.54, 1.807) is 4.57 Å². The van der Waals surface area contributed by atoms with E-state index in [9.17, 15) is 9.50 Å². The van der Waals surface area contributed by atoms with E-state index >= 15 is 0 Å². The number of nitrogens with one attached hydrogen (secondary N) is 1. The maximum absolute atomic E-state index is 14.2. The van der Waals surface area contributed by atoms with Crippen LogP contribution in [-0.2, 0) is 16.2 Å². The van der Waals surface area contributed by atoms with E-state index in [-0.39, 0.29) is 13.2 Å². The van der Waals surface area contributed by atoms with E-state index in [2.05, 4.69) is 20.4 Å². The van der Waals surface area contributed by atoms with Gasteiger partial charge in [0.2, 0.25) is 0 Å². The molecule has 3 aromatic rings. The van der Waals surface area contributed by atoms with Crippen molar-refractivity contribution in [2.45, 2.75) is 24.9 Å². The summed E-state index contributed by atoms with van der Waals surface area (Å²) in [5.41, 5.74) is 4.68. The minimum Gasteiger partial charge on any atom is -0.394 e. The van der Waals surface area contributed by atoms with E-state index in [0.29, 0.717) is 23.6 Å². The van der Waals surface area contributed by atoms with Gasteiger partial charge in [0.15, 0.2) is 17.0 Å². The number of halogens is 1. The summed E-state index contributed by atoms with van der Waals surface area (Å²) in [7, 11) is 0. The second kappa shape index (κ2) is 7.32. The summed E-state index contributed by atoms with van der Waals surface area (Å²) in [5.74, 6) is 0.388. The number of imidazole rings is 1. The summed E-state index contributed by atoms with van der Waals surface area (Å²) in [4.78, 5) is 18.1. The standard InChI is InChI=1S/C17H18FN5O3/c18-12-8-25-13(6-24)15(12)23-10-21-14-16(19-9-20-17(14)23)22-26-7-11-4-2-1-3-5-11/h1-5,9-10,12-13,15,24H,6-8H2,(H,19,20,22). The molecule has 1 fully saturated rings. The van der Waals surface area contributed by atoms with Crippen molar-refractivity contribution in [3.63, 3.8) is 0 Å². The van der Waals surface area contributed by atoms with Crippen LogP contribution in [0.15, 0.2) is 43.0 Å². The number of rotatable bonds is 6. The van der Waals surface area contributed by atoms with Crippen molar-refractivity contribution in [2.24, 2.45) is 0 Å². The fourth-order valence-electron chi connectivity index (χ4n) is 3.07. The number of hydrogen-bond acceptors (Lipinski definition) is 7. The normalized spacial score (nSPS) is 22.8. The molecule has 0 spiro atoms. The van der Waals surface area contributed by atoms with E-state index in [0.717, 1.165) is 5.56 Å². The fourth-order valence-corrected chi connectivity index (χ4v) is 3.07. The molecule has 2 aromatic heterocycles. The van der Waals surface area contributed by atoms with Crippen molar-refractivity contribution in [3.8, 4) is 0 Å². The highest BCUT2D eigenvalue weighted by molar-refractivity contribution is 5.82. The van der Waals surface area contributed by atoms with Crippen molar-refractivity contribution in [3.05, 3.63) is 48.5 Å². The van der Waals surface area contributed by atoms with Crippen molar-refractivity contribution in [1.82, 2.24) is 19.5 Å². The molecule has 3 unspecified atom stereocenters. The maximum atomic E-state index is 14.2. The average Bonchev–Trinajstić information content (AvgIpc) is 3.26. The van der Waals surface area contributed by atoms with Gasteiger partial charge in [-0.05, 0) is 5.56 Å². The van der Waals surface area contributed by atoms with E-state index < -0.39 is 18.3 Å². The Kier molecular flexibility index (Phi) is 4.74. The van der Waals surface area contributed by atoms with Crippen LogP contribution in [0.1, 0.15) is 11.6 Å². The van der Waals surface area contributed by atoms with Gasteiger partial charge in [-0.3, -0.25) is 4.84 Å². The lowest BCUT2D eigenvalue weighted by atomic mass is 10.1. The number of ether oxygens (including phenoxy) is 1. The Bertz CT molecular complexity index is 875. The first-order valence-electron chi connectivity index (χ1n) is 8.23. The van der Waals surface area contributed by atoms with Crippen LogP contribution in [0.2, 0.25) is 0 Å². The van der Waals surface area contributed by atoms with Crippen LogP contribution < -0.4 is 5.48 Å². The molecular formula is C17H18FN5O3. The molecule has 0 bridgehead atoms. The number of fused-ring (bicyclic) bond motifs is 1. The minimum atomic E-state index is -1.25. The zero-order valence-corrected chi connectivity index (χ0v) is 13.8. The van der Waals surface area contributed by atoms with Crippen LogP contribution in [-0.4, -0.2) is 50.1 Å². The van der Waals surface area contributed by atoms with E-state index in [4.69, 9.17) is 9.57 Å². The predicted octanol–water partition coefficient (Wildman–Crippen LogP) is 1.64. The molecule has 9 heteroatoms. The van der Waals surface area contributed by atoms with Gasteiger partial charge in [0.25, 0.3) is 0 Å². The number of aliphatic hydroxyl groups excluding tert-OH is 1. The first-order valence-corrected chi connectivity index (χ1v) is 8.23. The summed E-state index contributed by atoms with van der Waals surface area (Å²) in [6.45, 7) is 0.00965. The number of hydrogen-bond donors (Lipinski definition) is 2. The Balaban J connectivity index is 1.55. The van der Waals surface area contributed by atoms with Crippen molar-refractivity contribution in [2.75, 3.05) is 18.7 Å². The van der Waals surface area contributed by atoms with Crippen LogP contribution in [0.4, 0.5) is 10.2 Å². The topological polar surface area (TPSA) is 94.3 Å². The first-order chi connectivity index (χ1) is 12.8. The molecule has 1 saturated heterocycles. The highest BCUT2D eigenvalue weighted by Gasteiger charge is 2.39. The molecule has 3 atom stereocenters. The van der Waals surface area contributed by atoms with Crippen LogP contribution in [0.5, 0.6) is 0 Å². The molecule has 0 aliphatic carbocycles. The van der Waals surface area contributed by atoms with Gasteiger partial charge in [-0.1, -0.05) is 30.3 Å². The Morgan fingerprint density at radius 2 is 2.12 bits per heavy atom. The molecule has 1 aliphatic heterocycles. The zero-order chi connectivity index (χ0) is 17.9. The van der Waals surface area contributed by atoms with Gasteiger partial charge in [-0.25, -0.2) is 24.8 Å². The summed E-state index contributed by atoms with van der Waals surface area (Å²) in [5, 5.41) is 9.41. The number of anilines is 1. The van der Waals surface area contributed by atoms with Gasteiger partial charge in [-0.2, -0.15) is 0 Å². The molecule has 26 heavy (non-hydrogen) atoms. The third kappa shape index (κ3) is 3.12. The Labute approximate surface area is 148 Å². The second-order valence-electron chi connectivity index (χ2n) is 5.98. The zero-order valence-electron chi connectivity index (χ0n) is 13.8. The lowest BCUT2D eigenvalue weighted by Gasteiger charge is -2.19. The highest BCUT2D eigenvalue weighted by atomic mass is 19.1.